The second-order valence-electron chi connectivity index (χ2n) is 2.28. The van der Waals surface area contributed by atoms with E-state index < -0.39 is 14.9 Å². The summed E-state index contributed by atoms with van der Waals surface area (Å²) < 4.78 is 21.7. The molecule has 0 spiro atoms. The Hall–Kier alpha value is 3.12. The summed E-state index contributed by atoms with van der Waals surface area (Å²) in [5, 5.41) is 6.49. The van der Waals surface area contributed by atoms with Crippen LogP contribution in [0.1, 0.15) is 0 Å². The van der Waals surface area contributed by atoms with Crippen molar-refractivity contribution in [3.63, 3.8) is 0 Å². The van der Waals surface area contributed by atoms with E-state index in [0.717, 1.165) is 0 Å². The van der Waals surface area contributed by atoms with Crippen LogP contribution in [0.25, 0.3) is 5.14 Å². The summed E-state index contributed by atoms with van der Waals surface area (Å²) in [7, 11) is -4.18. The van der Waals surface area contributed by atoms with E-state index >= 15 is 0 Å². The van der Waals surface area contributed by atoms with Crippen molar-refractivity contribution < 1.29 is 125 Å². The van der Waals surface area contributed by atoms with Crippen LogP contribution in [0.5, 0.6) is 0 Å². The first kappa shape index (κ1) is 20.4. The molecule has 0 aromatic heterocycles. The topological polar surface area (TPSA) is 84.0 Å². The third-order valence-corrected chi connectivity index (χ3v) is 3.26. The second-order valence-corrected chi connectivity index (χ2v) is 4.48. The minimum absolute atomic E-state index is 0. The summed E-state index contributed by atoms with van der Waals surface area (Å²) in [6, 6.07) is 2.66. The zero-order valence-corrected chi connectivity index (χ0v) is 20.4. The fourth-order valence-electron chi connectivity index (χ4n) is 0.794. The molecule has 15 heavy (non-hydrogen) atoms. The Morgan fingerprint density at radius 1 is 1.20 bits per heavy atom. The van der Waals surface area contributed by atoms with Gasteiger partial charge in [0.15, 0.2) is 0 Å². The number of nitrogens with two attached hydrogens (primary N) is 1. The Morgan fingerprint density at radius 2 is 1.67 bits per heavy atom. The van der Waals surface area contributed by atoms with Crippen LogP contribution in [0.4, 0.5) is 5.69 Å². The summed E-state index contributed by atoms with van der Waals surface area (Å²) in [6.07, 6.45) is 0. The first-order chi connectivity index (χ1) is 5.84. The molecule has 0 atom stereocenters. The van der Waals surface area contributed by atoms with Crippen molar-refractivity contribution in [2.75, 3.05) is 5.73 Å². The zero-order valence-electron chi connectivity index (χ0n) is 8.21. The first-order valence-electron chi connectivity index (χ1n) is 3.07. The molecule has 0 unspecified atom stereocenters. The third-order valence-electron chi connectivity index (χ3n) is 1.35. The summed E-state index contributed by atoms with van der Waals surface area (Å²) in [5.41, 5.74) is 5.43. The van der Waals surface area contributed by atoms with Crippen molar-refractivity contribution in [1.29, 1.82) is 0 Å². The molecule has 1 aromatic rings. The van der Waals surface area contributed by atoms with E-state index in [1.165, 1.54) is 12.1 Å². The van der Waals surface area contributed by atoms with Crippen LogP contribution in [-0.4, -0.2) is 8.42 Å². The number of halogens is 2. The van der Waals surface area contributed by atoms with Crippen LogP contribution < -0.4 is 122 Å². The fourth-order valence-corrected chi connectivity index (χ4v) is 2.45. The van der Waals surface area contributed by atoms with Crippen LogP contribution in [0.15, 0.2) is 17.0 Å². The average molecular weight is 411 g/mol. The van der Waals surface area contributed by atoms with Gasteiger partial charge in [-0.05, 0) is 12.1 Å². The number of nitrogen functional groups attached to an aromatic ring is 1. The van der Waals surface area contributed by atoms with Crippen LogP contribution >= 0.6 is 23.2 Å². The maximum Gasteiger partial charge on any atom is 1.00 e. The van der Waals surface area contributed by atoms with Gasteiger partial charge >= 0.3 is 116 Å². The number of hydrogen-bond donors (Lipinski definition) is 1. The molecule has 3 N–H and O–H groups in total. The van der Waals surface area contributed by atoms with Crippen molar-refractivity contribution >= 4 is 38.9 Å². The molecule has 0 heterocycles. The predicted molar refractivity (Wildman–Crippen MR) is 52.4 cm³/mol. The van der Waals surface area contributed by atoms with E-state index in [0.29, 0.717) is 0 Å². The van der Waals surface area contributed by atoms with Crippen molar-refractivity contribution in [1.82, 2.24) is 0 Å². The Kier molecular flexibility index (Phi) is 11.3. The molecule has 0 aliphatic rings. The normalized spacial score (nSPS) is 10.1. The second kappa shape index (κ2) is 8.32. The molecule has 0 radical (unpaired) electrons. The standard InChI is InChI=1S/C6H5Cl2N2O2S.2Rb/c7-3-1-2-4(9)5(8)6(3)13(10,11)12;;/h1-2H,9H2,(H-,10,11,12);;/q-1;2*+1. The Labute approximate surface area is 196 Å². The molecule has 4 nitrogen and oxygen atoms in total. The monoisotopic (exact) mass is 409 g/mol. The quantitative estimate of drug-likeness (QED) is 0.484. The van der Waals surface area contributed by atoms with Gasteiger partial charge in [-0.25, -0.2) is 8.42 Å². The van der Waals surface area contributed by atoms with Crippen molar-refractivity contribution in [2.24, 2.45) is 0 Å². The molecule has 0 aliphatic carbocycles. The maximum absolute atomic E-state index is 10.9. The molecule has 0 saturated carbocycles. The number of benzene rings is 1. The van der Waals surface area contributed by atoms with Crippen molar-refractivity contribution in [3.8, 4) is 0 Å². The molecule has 0 amide bonds. The van der Waals surface area contributed by atoms with Gasteiger partial charge in [0.05, 0.1) is 20.6 Å². The van der Waals surface area contributed by atoms with E-state index in [4.69, 9.17) is 34.1 Å². The fraction of sp³-hybridized carbons (Fsp3) is 0. The Bertz CT molecular complexity index is 453. The Morgan fingerprint density at radius 3 is 2.00 bits per heavy atom. The van der Waals surface area contributed by atoms with Gasteiger partial charge in [0.25, 0.3) is 0 Å². The molecule has 0 saturated heterocycles. The molecule has 0 fully saturated rings. The molecule has 0 bridgehead atoms. The first-order valence-corrected chi connectivity index (χ1v) is 5.31. The Balaban J connectivity index is 0. The van der Waals surface area contributed by atoms with Gasteiger partial charge < -0.3 is 10.9 Å². The van der Waals surface area contributed by atoms with Crippen LogP contribution in [0.3, 0.4) is 0 Å². The number of hydrogen-bond acceptors (Lipinski definition) is 3. The van der Waals surface area contributed by atoms with Crippen LogP contribution in [-0.2, 0) is 10.0 Å². The number of anilines is 1. The smallest absolute Gasteiger partial charge is 0.560 e. The van der Waals surface area contributed by atoms with Gasteiger partial charge in [0.2, 0.25) is 0 Å². The van der Waals surface area contributed by atoms with E-state index in [1.807, 2.05) is 0 Å². The predicted octanol–water partition coefficient (Wildman–Crippen LogP) is -3.68. The van der Waals surface area contributed by atoms with Gasteiger partial charge in [-0.2, -0.15) is 0 Å². The molecule has 72 valence electrons. The molecular weight excluding hydrogens is 406 g/mol. The van der Waals surface area contributed by atoms with E-state index in [1.54, 1.807) is 0 Å². The maximum atomic E-state index is 10.9. The molecule has 9 heteroatoms. The summed E-state index contributed by atoms with van der Waals surface area (Å²) in [5.74, 6) is 0. The van der Waals surface area contributed by atoms with Crippen LogP contribution in [0.2, 0.25) is 10.0 Å². The van der Waals surface area contributed by atoms with Gasteiger partial charge in [-0.15, -0.1) is 0 Å². The van der Waals surface area contributed by atoms with Crippen molar-refractivity contribution in [2.45, 2.75) is 4.90 Å². The van der Waals surface area contributed by atoms with Gasteiger partial charge in [0.1, 0.15) is 10.0 Å². The summed E-state index contributed by atoms with van der Waals surface area (Å²) in [4.78, 5) is -0.448. The summed E-state index contributed by atoms with van der Waals surface area (Å²) in [6.45, 7) is 0. The average Bonchev–Trinajstić information content (AvgIpc) is 1.95. The molecular formula is C6H5Cl2N2O2Rb2S+. The largest absolute Gasteiger partial charge is 1.00 e. The minimum atomic E-state index is -4.18. The van der Waals surface area contributed by atoms with E-state index in [-0.39, 0.29) is 132 Å². The van der Waals surface area contributed by atoms with Crippen molar-refractivity contribution in [3.05, 3.63) is 27.3 Å². The molecule has 1 rings (SSSR count). The van der Waals surface area contributed by atoms with Crippen LogP contribution in [0, 0.1) is 0 Å². The number of rotatable bonds is 1. The summed E-state index contributed by atoms with van der Waals surface area (Å²) >= 11 is 11.1. The van der Waals surface area contributed by atoms with E-state index in [2.05, 4.69) is 0 Å². The molecule has 1 aromatic carbocycles. The number of nitrogens with one attached hydrogen (secondary N) is 1. The SMILES string of the molecule is [NH-]S(=O)(=O)c1c(Cl)ccc(N)c1Cl.[Rb+].[Rb+]. The zero-order chi connectivity index (χ0) is 10.2. The molecule has 0 aliphatic heterocycles. The van der Waals surface area contributed by atoms with Gasteiger partial charge in [-0.3, -0.25) is 0 Å². The van der Waals surface area contributed by atoms with E-state index in [9.17, 15) is 8.42 Å². The minimum Gasteiger partial charge on any atom is -0.560 e. The van der Waals surface area contributed by atoms with Gasteiger partial charge in [0, 0.05) is 0 Å². The van der Waals surface area contributed by atoms with Gasteiger partial charge in [-0.1, -0.05) is 23.2 Å². The third kappa shape index (κ3) is 5.74. The number of sulfonamides is 1.